The van der Waals surface area contributed by atoms with E-state index in [1.54, 1.807) is 0 Å². The average Bonchev–Trinajstić information content (AvgIpc) is 2.98. The number of aromatic nitrogens is 2. The van der Waals surface area contributed by atoms with E-state index in [0.717, 1.165) is 39.0 Å². The Bertz CT molecular complexity index is 1160. The van der Waals surface area contributed by atoms with Crippen LogP contribution in [0.1, 0.15) is 27.7 Å². The third-order valence-corrected chi connectivity index (χ3v) is 4.37. The van der Waals surface area contributed by atoms with Crippen molar-refractivity contribution in [2.75, 3.05) is 0 Å². The predicted octanol–water partition coefficient (Wildman–Crippen LogP) is 4.98. The van der Waals surface area contributed by atoms with Crippen molar-refractivity contribution in [2.24, 2.45) is 13.0 Å². The minimum Gasteiger partial charge on any atom is -0.454 e. The van der Waals surface area contributed by atoms with Crippen molar-refractivity contribution in [2.45, 2.75) is 27.1 Å². The van der Waals surface area contributed by atoms with E-state index in [2.05, 4.69) is 0 Å². The van der Waals surface area contributed by atoms with Crippen LogP contribution in [-0.2, 0) is 13.4 Å². The van der Waals surface area contributed by atoms with Crippen molar-refractivity contribution < 1.29 is 11.7 Å². The number of benzene rings is 1. The Morgan fingerprint density at radius 1 is 1.16 bits per heavy atom. The molecule has 0 aliphatic heterocycles. The molecule has 3 heteroatoms. The third kappa shape index (κ3) is 2.80. The van der Waals surface area contributed by atoms with E-state index >= 15 is 0 Å². The van der Waals surface area contributed by atoms with E-state index in [4.69, 9.17) is 12.1 Å². The zero-order valence-electron chi connectivity index (χ0n) is 17.0. The molecule has 3 heterocycles. The highest BCUT2D eigenvalue weighted by atomic mass is 16.3. The van der Waals surface area contributed by atoms with Crippen LogP contribution >= 0.6 is 0 Å². The van der Waals surface area contributed by atoms with Crippen LogP contribution < -0.4 is 4.57 Å². The summed E-state index contributed by atoms with van der Waals surface area (Å²) in [4.78, 5) is 4.91. The second kappa shape index (κ2) is 5.99. The summed E-state index contributed by atoms with van der Waals surface area (Å²) in [5, 5.41) is 1.00. The number of pyridine rings is 2. The molecule has 0 aliphatic rings. The molecule has 0 aliphatic carbocycles. The molecular formula is C22H23N2O+. The highest BCUT2D eigenvalue weighted by molar-refractivity contribution is 6.03. The number of hydrogen-bond acceptors (Lipinski definition) is 2. The maximum atomic E-state index is 8.34. The van der Waals surface area contributed by atoms with Gasteiger partial charge in [0.15, 0.2) is 11.8 Å². The van der Waals surface area contributed by atoms with Crippen LogP contribution in [0.5, 0.6) is 0 Å². The van der Waals surface area contributed by atoms with E-state index in [-0.39, 0.29) is 5.92 Å². The van der Waals surface area contributed by atoms with Gasteiger partial charge in [-0.2, -0.15) is 4.57 Å². The van der Waals surface area contributed by atoms with Gasteiger partial charge in [0.1, 0.15) is 23.8 Å². The average molecular weight is 333 g/mol. The number of hydrogen-bond donors (Lipinski definition) is 0. The minimum atomic E-state index is -1.37. The normalized spacial score (nSPS) is 13.5. The van der Waals surface area contributed by atoms with Crippen LogP contribution in [0.15, 0.2) is 53.1 Å². The molecule has 3 aromatic heterocycles. The third-order valence-electron chi connectivity index (χ3n) is 4.37. The van der Waals surface area contributed by atoms with Crippen LogP contribution in [0, 0.1) is 12.8 Å². The molecule has 3 nitrogen and oxygen atoms in total. The second-order valence-corrected chi connectivity index (χ2v) is 6.81. The van der Waals surface area contributed by atoms with Crippen LogP contribution in [0.25, 0.3) is 33.5 Å². The largest absolute Gasteiger partial charge is 0.454 e. The molecule has 0 spiro atoms. The Hall–Kier alpha value is -2.68. The Labute approximate surface area is 150 Å². The van der Waals surface area contributed by atoms with Crippen molar-refractivity contribution in [3.05, 3.63) is 59.8 Å². The van der Waals surface area contributed by atoms with E-state index in [1.807, 2.05) is 81.0 Å². The molecule has 0 fully saturated rings. The van der Waals surface area contributed by atoms with E-state index in [9.17, 15) is 0 Å². The van der Waals surface area contributed by atoms with Crippen molar-refractivity contribution in [1.82, 2.24) is 4.98 Å². The molecule has 25 heavy (non-hydrogen) atoms. The van der Waals surface area contributed by atoms with E-state index < -0.39 is 6.37 Å². The maximum absolute atomic E-state index is 8.34. The Morgan fingerprint density at radius 2 is 1.96 bits per heavy atom. The van der Waals surface area contributed by atoms with Crippen molar-refractivity contribution in [1.29, 1.82) is 0 Å². The van der Waals surface area contributed by atoms with Crippen LogP contribution in [0.4, 0.5) is 0 Å². The lowest BCUT2D eigenvalue weighted by molar-refractivity contribution is -0.661. The maximum Gasteiger partial charge on any atom is 0.231 e. The standard InChI is InChI=1S/C22H23N2O/c1-14(2)11-16-9-10-18(24(4)13-16)21-15(3)12-20-22(23-21)17-7-5-6-8-19(17)25-20/h5-10,12-14H,11H2,1-4H3/q+1/i11D2. The molecule has 0 unspecified atom stereocenters. The SMILES string of the molecule is [2H]C([2H])(c1ccc(-c2nc3c(cc2C)oc2ccccc23)[n+](C)c1)C(C)C. The van der Waals surface area contributed by atoms with Gasteiger partial charge in [0.2, 0.25) is 5.69 Å². The number of nitrogens with zero attached hydrogens (tertiary/aromatic N) is 2. The van der Waals surface area contributed by atoms with Crippen LogP contribution in [0.2, 0.25) is 0 Å². The van der Waals surface area contributed by atoms with Gasteiger partial charge in [0.25, 0.3) is 0 Å². The zero-order valence-corrected chi connectivity index (χ0v) is 15.0. The fraction of sp³-hybridized carbons (Fsp3) is 0.273. The second-order valence-electron chi connectivity index (χ2n) is 6.81. The summed E-state index contributed by atoms with van der Waals surface area (Å²) in [6.45, 7) is 5.82. The molecule has 0 bridgehead atoms. The summed E-state index contributed by atoms with van der Waals surface area (Å²) in [6.07, 6.45) is 0.498. The van der Waals surface area contributed by atoms with Crippen LogP contribution in [0.3, 0.4) is 0 Å². The van der Waals surface area contributed by atoms with Crippen molar-refractivity contribution in [3.63, 3.8) is 0 Å². The summed E-state index contributed by atoms with van der Waals surface area (Å²) in [5.41, 5.74) is 6.01. The Balaban J connectivity index is 1.89. The predicted molar refractivity (Wildman–Crippen MR) is 101 cm³/mol. The van der Waals surface area contributed by atoms with Gasteiger partial charge >= 0.3 is 0 Å². The zero-order chi connectivity index (χ0) is 19.3. The summed E-state index contributed by atoms with van der Waals surface area (Å²) in [5.74, 6) is -0.100. The fourth-order valence-electron chi connectivity index (χ4n) is 3.26. The lowest BCUT2D eigenvalue weighted by Gasteiger charge is -2.07. The molecule has 0 N–H and O–H groups in total. The van der Waals surface area contributed by atoms with Gasteiger partial charge in [-0.25, -0.2) is 4.98 Å². The monoisotopic (exact) mass is 333 g/mol. The summed E-state index contributed by atoms with van der Waals surface area (Å²) in [6, 6.07) is 13.8. The molecule has 0 saturated heterocycles. The smallest absolute Gasteiger partial charge is 0.231 e. The lowest BCUT2D eigenvalue weighted by atomic mass is 10.0. The highest BCUT2D eigenvalue weighted by Gasteiger charge is 2.18. The number of fused-ring (bicyclic) bond motifs is 3. The number of para-hydroxylation sites is 1. The Kier molecular flexibility index (Phi) is 3.26. The molecule has 0 amide bonds. The molecule has 126 valence electrons. The lowest BCUT2D eigenvalue weighted by Crippen LogP contribution is -2.32. The van der Waals surface area contributed by atoms with Gasteiger partial charge in [-0.3, -0.25) is 0 Å². The van der Waals surface area contributed by atoms with Crippen molar-refractivity contribution in [3.8, 4) is 11.4 Å². The first-order valence-electron chi connectivity index (χ1n) is 9.58. The first kappa shape index (κ1) is 13.6. The van der Waals surface area contributed by atoms with Gasteiger partial charge in [-0.15, -0.1) is 0 Å². The molecule has 0 radical (unpaired) electrons. The number of furan rings is 1. The highest BCUT2D eigenvalue weighted by Crippen LogP contribution is 2.30. The van der Waals surface area contributed by atoms with Crippen molar-refractivity contribution >= 4 is 22.1 Å². The summed E-state index contributed by atoms with van der Waals surface area (Å²) >= 11 is 0. The molecule has 4 rings (SSSR count). The number of rotatable bonds is 3. The topological polar surface area (TPSA) is 29.9 Å². The van der Waals surface area contributed by atoms with Gasteiger partial charge in [-0.05, 0) is 49.0 Å². The van der Waals surface area contributed by atoms with Crippen LogP contribution in [-0.4, -0.2) is 4.98 Å². The first-order chi connectivity index (χ1) is 12.8. The van der Waals surface area contributed by atoms with Gasteiger partial charge in [0.05, 0.1) is 0 Å². The summed E-state index contributed by atoms with van der Waals surface area (Å²) in [7, 11) is 1.94. The molecule has 0 saturated carbocycles. The molecule has 1 aromatic carbocycles. The Morgan fingerprint density at radius 3 is 2.72 bits per heavy atom. The number of aryl methyl sites for hydroxylation is 2. The quantitative estimate of drug-likeness (QED) is 0.495. The van der Waals surface area contributed by atoms with Gasteiger partial charge in [0, 0.05) is 19.8 Å². The van der Waals surface area contributed by atoms with Gasteiger partial charge in [-0.1, -0.05) is 26.0 Å². The van der Waals surface area contributed by atoms with Gasteiger partial charge < -0.3 is 4.42 Å². The molecule has 4 aromatic rings. The molecular weight excluding hydrogens is 308 g/mol. The fourth-order valence-corrected chi connectivity index (χ4v) is 3.26. The minimum absolute atomic E-state index is 0.100. The first-order valence-corrected chi connectivity index (χ1v) is 8.58. The van der Waals surface area contributed by atoms with E-state index in [0.29, 0.717) is 5.56 Å². The van der Waals surface area contributed by atoms with E-state index in [1.165, 1.54) is 0 Å². The summed E-state index contributed by atoms with van der Waals surface area (Å²) < 4.78 is 24.6. The molecule has 0 atom stereocenters.